The molecule has 0 fully saturated rings. The summed E-state index contributed by atoms with van der Waals surface area (Å²) in [5.74, 6) is -1.34. The Morgan fingerprint density at radius 3 is 2.58 bits per heavy atom. The van der Waals surface area contributed by atoms with E-state index in [1.165, 1.54) is 30.3 Å². The van der Waals surface area contributed by atoms with Gasteiger partial charge < -0.3 is 10.4 Å². The summed E-state index contributed by atoms with van der Waals surface area (Å²) >= 11 is 11.4. The molecule has 0 aliphatic rings. The average Bonchev–Trinajstić information content (AvgIpc) is 2.36. The predicted octanol–water partition coefficient (Wildman–Crippen LogP) is 4.09. The van der Waals surface area contributed by atoms with Crippen LogP contribution < -0.4 is 5.32 Å². The fourth-order valence-electron chi connectivity index (χ4n) is 1.46. The standard InChI is InChI=1S/C13H8Cl2FNO2/c14-7-1-4-12(18)9(5-7)13(19)17-8-2-3-11(16)10(15)6-8/h1-6,18H,(H,17,19). The van der Waals surface area contributed by atoms with Crippen molar-refractivity contribution >= 4 is 34.8 Å². The molecule has 2 rings (SSSR count). The molecule has 0 aliphatic heterocycles. The first-order chi connectivity index (χ1) is 8.97. The molecule has 3 nitrogen and oxygen atoms in total. The van der Waals surface area contributed by atoms with Crippen molar-refractivity contribution in [3.8, 4) is 5.75 Å². The van der Waals surface area contributed by atoms with Crippen LogP contribution >= 0.6 is 23.2 Å². The van der Waals surface area contributed by atoms with Crippen molar-refractivity contribution in [2.24, 2.45) is 0 Å². The fraction of sp³-hybridized carbons (Fsp3) is 0. The lowest BCUT2D eigenvalue weighted by Gasteiger charge is -2.07. The minimum absolute atomic E-state index is 0.0212. The Kier molecular flexibility index (Phi) is 3.93. The number of nitrogens with one attached hydrogen (secondary N) is 1. The summed E-state index contributed by atoms with van der Waals surface area (Å²) in [7, 11) is 0. The molecule has 0 unspecified atom stereocenters. The molecule has 19 heavy (non-hydrogen) atoms. The van der Waals surface area contributed by atoms with Crippen molar-refractivity contribution in [2.45, 2.75) is 0 Å². The van der Waals surface area contributed by atoms with Crippen LogP contribution in [0.1, 0.15) is 10.4 Å². The molecular formula is C13H8Cl2FNO2. The van der Waals surface area contributed by atoms with Gasteiger partial charge in [0, 0.05) is 10.7 Å². The zero-order chi connectivity index (χ0) is 14.0. The molecule has 2 N–H and O–H groups in total. The molecule has 0 aliphatic carbocycles. The molecule has 2 aromatic carbocycles. The monoisotopic (exact) mass is 299 g/mol. The molecule has 0 saturated heterocycles. The Morgan fingerprint density at radius 1 is 1.16 bits per heavy atom. The number of aromatic hydroxyl groups is 1. The number of halogens is 3. The number of hydrogen-bond donors (Lipinski definition) is 2. The Bertz CT molecular complexity index is 647. The quantitative estimate of drug-likeness (QED) is 0.877. The second-order valence-electron chi connectivity index (χ2n) is 3.74. The molecule has 0 saturated carbocycles. The van der Waals surface area contributed by atoms with Gasteiger partial charge in [0.1, 0.15) is 11.6 Å². The summed E-state index contributed by atoms with van der Waals surface area (Å²) < 4.78 is 13.0. The van der Waals surface area contributed by atoms with Gasteiger partial charge in [-0.15, -0.1) is 0 Å². The normalized spacial score (nSPS) is 10.3. The summed E-state index contributed by atoms with van der Waals surface area (Å²) in [6.45, 7) is 0. The summed E-state index contributed by atoms with van der Waals surface area (Å²) in [6, 6.07) is 7.88. The highest BCUT2D eigenvalue weighted by molar-refractivity contribution is 6.31. The maximum atomic E-state index is 13.0. The first-order valence-electron chi connectivity index (χ1n) is 5.22. The molecule has 2 aromatic rings. The van der Waals surface area contributed by atoms with E-state index in [1.807, 2.05) is 0 Å². The Morgan fingerprint density at radius 2 is 1.89 bits per heavy atom. The zero-order valence-electron chi connectivity index (χ0n) is 9.45. The van der Waals surface area contributed by atoms with Crippen molar-refractivity contribution in [1.82, 2.24) is 0 Å². The van der Waals surface area contributed by atoms with Crippen LogP contribution in [0.2, 0.25) is 10.0 Å². The highest BCUT2D eigenvalue weighted by atomic mass is 35.5. The summed E-state index contributed by atoms with van der Waals surface area (Å²) in [6.07, 6.45) is 0. The molecule has 0 radical (unpaired) electrons. The first kappa shape index (κ1) is 13.6. The second kappa shape index (κ2) is 5.47. The van der Waals surface area contributed by atoms with Gasteiger partial charge in [0.15, 0.2) is 0 Å². The van der Waals surface area contributed by atoms with E-state index in [9.17, 15) is 14.3 Å². The van der Waals surface area contributed by atoms with Crippen LogP contribution in [0, 0.1) is 5.82 Å². The predicted molar refractivity (Wildman–Crippen MR) is 72.5 cm³/mol. The molecule has 0 bridgehead atoms. The molecule has 0 heterocycles. The number of anilines is 1. The number of phenols is 1. The van der Waals surface area contributed by atoms with E-state index in [0.29, 0.717) is 10.7 Å². The SMILES string of the molecule is O=C(Nc1ccc(F)c(Cl)c1)c1cc(Cl)ccc1O. The van der Waals surface area contributed by atoms with E-state index in [1.54, 1.807) is 0 Å². The number of phenolic OH excluding ortho intramolecular Hbond substituents is 1. The van der Waals surface area contributed by atoms with Crippen LogP contribution in [0.15, 0.2) is 36.4 Å². The van der Waals surface area contributed by atoms with Crippen LogP contribution in [0.5, 0.6) is 5.75 Å². The Hall–Kier alpha value is -1.78. The van der Waals surface area contributed by atoms with Gasteiger partial charge in [-0.05, 0) is 36.4 Å². The van der Waals surface area contributed by atoms with E-state index in [0.717, 1.165) is 6.07 Å². The van der Waals surface area contributed by atoms with Gasteiger partial charge in [0.05, 0.1) is 10.6 Å². The van der Waals surface area contributed by atoms with Crippen LogP contribution in [-0.4, -0.2) is 11.0 Å². The summed E-state index contributed by atoms with van der Waals surface area (Å²) in [4.78, 5) is 11.9. The summed E-state index contributed by atoms with van der Waals surface area (Å²) in [5, 5.41) is 12.3. The Labute approximate surface area is 118 Å². The molecule has 0 atom stereocenters. The molecule has 0 aromatic heterocycles. The van der Waals surface area contributed by atoms with Gasteiger partial charge in [-0.25, -0.2) is 4.39 Å². The smallest absolute Gasteiger partial charge is 0.259 e. The highest BCUT2D eigenvalue weighted by Gasteiger charge is 2.12. The van der Waals surface area contributed by atoms with Crippen molar-refractivity contribution in [3.05, 3.63) is 57.8 Å². The second-order valence-corrected chi connectivity index (χ2v) is 4.59. The lowest BCUT2D eigenvalue weighted by Crippen LogP contribution is -2.12. The van der Waals surface area contributed by atoms with E-state index in [-0.39, 0.29) is 16.3 Å². The lowest BCUT2D eigenvalue weighted by atomic mass is 10.2. The largest absolute Gasteiger partial charge is 0.507 e. The van der Waals surface area contributed by atoms with Crippen LogP contribution in [0.25, 0.3) is 0 Å². The third kappa shape index (κ3) is 3.16. The lowest BCUT2D eigenvalue weighted by molar-refractivity contribution is 0.102. The van der Waals surface area contributed by atoms with E-state index in [2.05, 4.69) is 5.32 Å². The third-order valence-electron chi connectivity index (χ3n) is 2.38. The molecule has 98 valence electrons. The van der Waals surface area contributed by atoms with Gasteiger partial charge in [-0.1, -0.05) is 23.2 Å². The maximum Gasteiger partial charge on any atom is 0.259 e. The van der Waals surface area contributed by atoms with Gasteiger partial charge in [-0.3, -0.25) is 4.79 Å². The van der Waals surface area contributed by atoms with E-state index in [4.69, 9.17) is 23.2 Å². The molecule has 1 amide bonds. The molecule has 6 heteroatoms. The van der Waals surface area contributed by atoms with Gasteiger partial charge in [-0.2, -0.15) is 0 Å². The van der Waals surface area contributed by atoms with Crippen molar-refractivity contribution in [1.29, 1.82) is 0 Å². The zero-order valence-corrected chi connectivity index (χ0v) is 11.0. The van der Waals surface area contributed by atoms with Crippen molar-refractivity contribution < 1.29 is 14.3 Å². The number of carbonyl (C=O) groups is 1. The van der Waals surface area contributed by atoms with Gasteiger partial charge >= 0.3 is 0 Å². The number of hydrogen-bond acceptors (Lipinski definition) is 2. The van der Waals surface area contributed by atoms with Crippen molar-refractivity contribution in [3.63, 3.8) is 0 Å². The van der Waals surface area contributed by atoms with Gasteiger partial charge in [0.25, 0.3) is 5.91 Å². The number of carbonyl (C=O) groups excluding carboxylic acids is 1. The topological polar surface area (TPSA) is 49.3 Å². The minimum Gasteiger partial charge on any atom is -0.507 e. The van der Waals surface area contributed by atoms with Crippen molar-refractivity contribution in [2.75, 3.05) is 5.32 Å². The molecular weight excluding hydrogens is 292 g/mol. The average molecular weight is 300 g/mol. The van der Waals surface area contributed by atoms with Crippen LogP contribution in [0.4, 0.5) is 10.1 Å². The maximum absolute atomic E-state index is 13.0. The molecule has 0 spiro atoms. The van der Waals surface area contributed by atoms with Crippen LogP contribution in [-0.2, 0) is 0 Å². The number of benzene rings is 2. The van der Waals surface area contributed by atoms with E-state index < -0.39 is 11.7 Å². The minimum atomic E-state index is -0.578. The third-order valence-corrected chi connectivity index (χ3v) is 2.91. The summed E-state index contributed by atoms with van der Waals surface area (Å²) in [5.41, 5.74) is 0.337. The van der Waals surface area contributed by atoms with Gasteiger partial charge in [0.2, 0.25) is 0 Å². The number of rotatable bonds is 2. The van der Waals surface area contributed by atoms with E-state index >= 15 is 0 Å². The highest BCUT2D eigenvalue weighted by Crippen LogP contribution is 2.24. The fourth-order valence-corrected chi connectivity index (χ4v) is 1.82. The first-order valence-corrected chi connectivity index (χ1v) is 5.98. The van der Waals surface area contributed by atoms with Crippen LogP contribution in [0.3, 0.4) is 0 Å². The Balaban J connectivity index is 2.25. The number of amides is 1.